The van der Waals surface area contributed by atoms with Crippen molar-refractivity contribution < 1.29 is 10.2 Å². The number of hydrogen-bond acceptors (Lipinski definition) is 7. The van der Waals surface area contributed by atoms with Crippen molar-refractivity contribution in [3.05, 3.63) is 45.6 Å². The largest absolute Gasteiger partial charge is 0.492 e. The monoisotopic (exact) mass is 421 g/mol. The molecule has 0 aliphatic carbocycles. The highest BCUT2D eigenvalue weighted by Gasteiger charge is 2.31. The van der Waals surface area contributed by atoms with Crippen LogP contribution in [0.1, 0.15) is 29.2 Å². The molecule has 9 heteroatoms. The first-order valence-electron chi connectivity index (χ1n) is 9.50. The second-order valence-electron chi connectivity index (χ2n) is 6.92. The summed E-state index contributed by atoms with van der Waals surface area (Å²) in [6.07, 6.45) is 0.733. The molecule has 1 aliphatic rings. The second kappa shape index (κ2) is 8.34. The van der Waals surface area contributed by atoms with Gasteiger partial charge in [0.25, 0.3) is 0 Å². The van der Waals surface area contributed by atoms with Crippen molar-refractivity contribution in [3.8, 4) is 5.88 Å². The van der Waals surface area contributed by atoms with Crippen LogP contribution in [0, 0.1) is 0 Å². The van der Waals surface area contributed by atoms with Gasteiger partial charge in [0, 0.05) is 44.2 Å². The predicted octanol–water partition coefficient (Wildman–Crippen LogP) is 2.41. The van der Waals surface area contributed by atoms with Crippen LogP contribution in [0.25, 0.3) is 4.96 Å². The maximum atomic E-state index is 10.9. The fourth-order valence-electron chi connectivity index (χ4n) is 3.68. The van der Waals surface area contributed by atoms with E-state index in [1.807, 2.05) is 31.2 Å². The van der Waals surface area contributed by atoms with Crippen molar-refractivity contribution in [3.63, 3.8) is 0 Å². The summed E-state index contributed by atoms with van der Waals surface area (Å²) in [6, 6.07) is 7.71. The molecule has 1 aromatic carbocycles. The number of aliphatic hydroxyl groups is 1. The van der Waals surface area contributed by atoms with Crippen LogP contribution in [0.3, 0.4) is 0 Å². The number of benzene rings is 1. The molecule has 0 amide bonds. The lowest BCUT2D eigenvalue weighted by Gasteiger charge is -2.39. The zero-order chi connectivity index (χ0) is 19.7. The molecule has 0 bridgehead atoms. The van der Waals surface area contributed by atoms with E-state index in [2.05, 4.69) is 19.9 Å². The minimum Gasteiger partial charge on any atom is -0.492 e. The Morgan fingerprint density at radius 2 is 1.89 bits per heavy atom. The van der Waals surface area contributed by atoms with E-state index >= 15 is 0 Å². The molecule has 2 aromatic heterocycles. The number of aliphatic hydroxyl groups excluding tert-OH is 1. The average molecular weight is 422 g/mol. The van der Waals surface area contributed by atoms with E-state index in [9.17, 15) is 10.2 Å². The van der Waals surface area contributed by atoms with E-state index in [4.69, 9.17) is 11.6 Å². The van der Waals surface area contributed by atoms with E-state index in [1.165, 1.54) is 11.3 Å². The van der Waals surface area contributed by atoms with Crippen LogP contribution in [0.5, 0.6) is 5.88 Å². The fourth-order valence-corrected chi connectivity index (χ4v) is 4.94. The third-order valence-corrected chi connectivity index (χ3v) is 6.51. The Kier molecular flexibility index (Phi) is 5.84. The van der Waals surface area contributed by atoms with Gasteiger partial charge in [0.05, 0.1) is 17.5 Å². The van der Waals surface area contributed by atoms with Crippen molar-refractivity contribution >= 4 is 27.9 Å². The number of rotatable bonds is 6. The summed E-state index contributed by atoms with van der Waals surface area (Å²) in [5.41, 5.74) is 1.08. The van der Waals surface area contributed by atoms with Gasteiger partial charge in [-0.2, -0.15) is 4.52 Å². The molecule has 2 N–H and O–H groups in total. The minimum atomic E-state index is -0.0906. The Hall–Kier alpha value is -1.71. The van der Waals surface area contributed by atoms with Gasteiger partial charge in [-0.05, 0) is 17.7 Å². The highest BCUT2D eigenvalue weighted by atomic mass is 35.5. The molecule has 1 fully saturated rings. The Balaban J connectivity index is 1.70. The topological polar surface area (TPSA) is 77.1 Å². The van der Waals surface area contributed by atoms with Crippen LogP contribution in [0.2, 0.25) is 5.02 Å². The van der Waals surface area contributed by atoms with E-state index < -0.39 is 0 Å². The number of hydrogen-bond donors (Lipinski definition) is 2. The Labute approximate surface area is 172 Å². The lowest BCUT2D eigenvalue weighted by molar-refractivity contribution is 0.0945. The third kappa shape index (κ3) is 3.75. The zero-order valence-corrected chi connectivity index (χ0v) is 17.3. The highest BCUT2D eigenvalue weighted by molar-refractivity contribution is 7.17. The lowest BCUT2D eigenvalue weighted by atomic mass is 10.0. The molecular formula is C19H24ClN5O2S. The van der Waals surface area contributed by atoms with Crippen LogP contribution in [0.15, 0.2) is 24.3 Å². The van der Waals surface area contributed by atoms with Crippen LogP contribution in [-0.4, -0.2) is 73.9 Å². The molecule has 0 unspecified atom stereocenters. The number of halogens is 1. The number of aromatic hydroxyl groups is 1. The number of aromatic nitrogens is 3. The van der Waals surface area contributed by atoms with Gasteiger partial charge < -0.3 is 10.2 Å². The van der Waals surface area contributed by atoms with Gasteiger partial charge in [-0.25, -0.2) is 4.98 Å². The summed E-state index contributed by atoms with van der Waals surface area (Å²) in [4.78, 5) is 10.7. The van der Waals surface area contributed by atoms with Crippen LogP contribution in [-0.2, 0) is 6.42 Å². The number of aryl methyl sites for hydroxylation is 1. The predicted molar refractivity (Wildman–Crippen MR) is 110 cm³/mol. The van der Waals surface area contributed by atoms with E-state index in [-0.39, 0.29) is 18.5 Å². The Morgan fingerprint density at radius 3 is 2.50 bits per heavy atom. The van der Waals surface area contributed by atoms with Crippen molar-refractivity contribution in [1.82, 2.24) is 24.4 Å². The Bertz CT molecular complexity index is 934. The van der Waals surface area contributed by atoms with Gasteiger partial charge in [-0.15, -0.1) is 5.10 Å². The van der Waals surface area contributed by atoms with Crippen LogP contribution in [0.4, 0.5) is 0 Å². The van der Waals surface area contributed by atoms with E-state index in [0.29, 0.717) is 16.5 Å². The average Bonchev–Trinajstić information content (AvgIpc) is 3.24. The van der Waals surface area contributed by atoms with Crippen LogP contribution >= 0.6 is 22.9 Å². The maximum absolute atomic E-state index is 10.9. The molecule has 1 atom stereocenters. The molecule has 0 spiro atoms. The van der Waals surface area contributed by atoms with E-state index in [1.54, 1.807) is 4.52 Å². The normalized spacial score (nSPS) is 17.4. The number of fused-ring (bicyclic) bond motifs is 1. The van der Waals surface area contributed by atoms with Gasteiger partial charge in [0.1, 0.15) is 0 Å². The molecular weight excluding hydrogens is 398 g/mol. The summed E-state index contributed by atoms with van der Waals surface area (Å²) < 4.78 is 1.55. The number of thiazole rings is 1. The molecule has 0 saturated carbocycles. The van der Waals surface area contributed by atoms with Gasteiger partial charge in [0.2, 0.25) is 10.8 Å². The first-order chi connectivity index (χ1) is 13.6. The summed E-state index contributed by atoms with van der Waals surface area (Å²) in [7, 11) is 0. The molecule has 1 saturated heterocycles. The van der Waals surface area contributed by atoms with Gasteiger partial charge in [-0.1, -0.05) is 42.0 Å². The van der Waals surface area contributed by atoms with Gasteiger partial charge in [-0.3, -0.25) is 9.80 Å². The third-order valence-electron chi connectivity index (χ3n) is 5.18. The lowest BCUT2D eigenvalue weighted by Crippen LogP contribution is -2.48. The van der Waals surface area contributed by atoms with Crippen LogP contribution < -0.4 is 0 Å². The van der Waals surface area contributed by atoms with Crippen molar-refractivity contribution in [2.45, 2.75) is 19.4 Å². The molecule has 7 nitrogen and oxygen atoms in total. The summed E-state index contributed by atoms with van der Waals surface area (Å²) in [5.74, 6) is 0.888. The summed E-state index contributed by atoms with van der Waals surface area (Å²) >= 11 is 7.58. The standard InChI is InChI=1S/C19H24ClN5O2S/c1-2-15-21-19-25(22-15)18(27)17(28-19)16(13-3-5-14(20)6-4-13)24-9-7-23(8-10-24)11-12-26/h3-6,16,26-27H,2,7-12H2,1H3/t16-/m1/s1. The van der Waals surface area contributed by atoms with Gasteiger partial charge in [0.15, 0.2) is 5.82 Å². The Morgan fingerprint density at radius 1 is 1.18 bits per heavy atom. The minimum absolute atomic E-state index is 0.0906. The van der Waals surface area contributed by atoms with E-state index in [0.717, 1.165) is 48.9 Å². The molecule has 4 rings (SSSR count). The number of piperazine rings is 1. The fraction of sp³-hybridized carbons (Fsp3) is 0.474. The van der Waals surface area contributed by atoms with Crippen molar-refractivity contribution in [2.24, 2.45) is 0 Å². The summed E-state index contributed by atoms with van der Waals surface area (Å²) in [5, 5.41) is 25.2. The first kappa shape index (κ1) is 19.6. The molecule has 28 heavy (non-hydrogen) atoms. The molecule has 3 aromatic rings. The highest BCUT2D eigenvalue weighted by Crippen LogP contribution is 2.40. The zero-order valence-electron chi connectivity index (χ0n) is 15.8. The number of nitrogens with zero attached hydrogens (tertiary/aromatic N) is 5. The van der Waals surface area contributed by atoms with Gasteiger partial charge >= 0.3 is 0 Å². The molecule has 3 heterocycles. The second-order valence-corrected chi connectivity index (χ2v) is 8.37. The molecule has 150 valence electrons. The first-order valence-corrected chi connectivity index (χ1v) is 10.7. The molecule has 0 radical (unpaired) electrons. The SMILES string of the molecule is CCc1nc2sc([C@@H](c3ccc(Cl)cc3)N3CCN(CCO)CC3)c(O)n2n1. The summed E-state index contributed by atoms with van der Waals surface area (Å²) in [6.45, 7) is 6.33. The smallest absolute Gasteiger partial charge is 0.230 e. The van der Waals surface area contributed by atoms with Crippen molar-refractivity contribution in [2.75, 3.05) is 39.3 Å². The van der Waals surface area contributed by atoms with Crippen molar-refractivity contribution in [1.29, 1.82) is 0 Å². The number of β-amino-alcohol motifs (C(OH)–C–C–N with tert-alkyl or cyclic N) is 1. The maximum Gasteiger partial charge on any atom is 0.230 e. The quantitative estimate of drug-likeness (QED) is 0.636. The molecule has 1 aliphatic heterocycles.